The normalized spacial score (nSPS) is 12.8. The first-order valence-electron chi connectivity index (χ1n) is 11.5. The van der Waals surface area contributed by atoms with Gasteiger partial charge in [0.15, 0.2) is 11.5 Å². The first kappa shape index (κ1) is 24.4. The molecule has 1 aliphatic heterocycles. The Bertz CT molecular complexity index is 1560. The third-order valence-electron chi connectivity index (χ3n) is 5.79. The molecule has 3 aromatic carbocycles. The summed E-state index contributed by atoms with van der Waals surface area (Å²) < 4.78 is 50.2. The Hall–Kier alpha value is -4.25. The lowest BCUT2D eigenvalue weighted by Gasteiger charge is -2.19. The van der Waals surface area contributed by atoms with E-state index in [0.29, 0.717) is 58.5 Å². The van der Waals surface area contributed by atoms with Crippen molar-refractivity contribution in [2.75, 3.05) is 32.8 Å². The highest BCUT2D eigenvalue weighted by atomic mass is 32.2. The molecule has 5 rings (SSSR count). The second kappa shape index (κ2) is 10.0. The minimum Gasteiger partial charge on any atom is -0.497 e. The van der Waals surface area contributed by atoms with Gasteiger partial charge in [0, 0.05) is 17.8 Å². The number of ether oxygens (including phenoxy) is 4. The van der Waals surface area contributed by atoms with Crippen molar-refractivity contribution in [3.8, 4) is 23.0 Å². The molecule has 0 atom stereocenters. The smallest absolute Gasteiger partial charge is 0.244 e. The Morgan fingerprint density at radius 2 is 1.68 bits per heavy atom. The van der Waals surface area contributed by atoms with Crippen LogP contribution in [0, 0.1) is 0 Å². The molecule has 10 nitrogen and oxygen atoms in total. The van der Waals surface area contributed by atoms with Crippen LogP contribution in [0.4, 0.5) is 5.69 Å². The fourth-order valence-corrected chi connectivity index (χ4v) is 5.61. The van der Waals surface area contributed by atoms with Gasteiger partial charge < -0.3 is 28.8 Å². The molecule has 0 unspecified atom stereocenters. The van der Waals surface area contributed by atoms with Gasteiger partial charge in [0.1, 0.15) is 31.3 Å². The molecule has 37 heavy (non-hydrogen) atoms. The number of nitrogens with zero attached hydrogens (tertiary/aromatic N) is 2. The van der Waals surface area contributed by atoms with Crippen LogP contribution in [-0.4, -0.2) is 51.3 Å². The van der Waals surface area contributed by atoms with E-state index in [1.165, 1.54) is 18.8 Å². The van der Waals surface area contributed by atoms with Gasteiger partial charge in [0.25, 0.3) is 0 Å². The highest BCUT2D eigenvalue weighted by Crippen LogP contribution is 2.33. The van der Waals surface area contributed by atoms with E-state index in [4.69, 9.17) is 18.9 Å². The molecule has 0 radical (unpaired) electrons. The molecule has 0 saturated heterocycles. The molecule has 0 spiro atoms. The third kappa shape index (κ3) is 5.17. The fraction of sp³-hybridized carbons (Fsp3) is 0.231. The lowest BCUT2D eigenvalue weighted by molar-refractivity contribution is -0.116. The molecule has 0 bridgehead atoms. The minimum atomic E-state index is -3.96. The van der Waals surface area contributed by atoms with E-state index in [9.17, 15) is 13.2 Å². The van der Waals surface area contributed by atoms with E-state index in [1.807, 2.05) is 0 Å². The van der Waals surface area contributed by atoms with Crippen molar-refractivity contribution in [1.29, 1.82) is 0 Å². The topological polar surface area (TPSA) is 118 Å². The van der Waals surface area contributed by atoms with Crippen LogP contribution in [0.1, 0.15) is 5.56 Å². The minimum absolute atomic E-state index is 0.201. The maximum atomic E-state index is 13.6. The van der Waals surface area contributed by atoms with Gasteiger partial charge in [-0.25, -0.2) is 13.4 Å². The van der Waals surface area contributed by atoms with E-state index in [2.05, 4.69) is 10.3 Å². The zero-order valence-electron chi connectivity index (χ0n) is 20.3. The molecule has 1 amide bonds. The summed E-state index contributed by atoms with van der Waals surface area (Å²) in [6, 6.07) is 17.0. The summed E-state index contributed by atoms with van der Waals surface area (Å²) in [6.45, 7) is 0.628. The van der Waals surface area contributed by atoms with Crippen LogP contribution in [0.5, 0.6) is 23.0 Å². The van der Waals surface area contributed by atoms with E-state index in [-0.39, 0.29) is 17.5 Å². The number of imidazole rings is 1. The maximum absolute atomic E-state index is 13.6. The van der Waals surface area contributed by atoms with Crippen molar-refractivity contribution in [3.63, 3.8) is 0 Å². The van der Waals surface area contributed by atoms with E-state index in [1.54, 1.807) is 60.7 Å². The molecule has 1 N–H and O–H groups in total. The number of benzene rings is 3. The number of hydrogen-bond donors (Lipinski definition) is 1. The van der Waals surface area contributed by atoms with Crippen LogP contribution in [0.15, 0.2) is 65.8 Å². The third-order valence-corrected chi connectivity index (χ3v) is 7.37. The van der Waals surface area contributed by atoms with Gasteiger partial charge in [-0.3, -0.25) is 4.79 Å². The second-order valence-corrected chi connectivity index (χ2v) is 10.2. The molecule has 0 fully saturated rings. The molecule has 4 aromatic rings. The Balaban J connectivity index is 1.45. The molecule has 1 aromatic heterocycles. The van der Waals surface area contributed by atoms with E-state index >= 15 is 0 Å². The van der Waals surface area contributed by atoms with Gasteiger partial charge in [0.05, 0.1) is 31.0 Å². The average Bonchev–Trinajstić information content (AvgIpc) is 3.27. The zero-order valence-corrected chi connectivity index (χ0v) is 21.1. The van der Waals surface area contributed by atoms with Gasteiger partial charge in [-0.05, 0) is 42.0 Å². The number of anilines is 1. The molecular weight excluding hydrogens is 498 g/mol. The largest absolute Gasteiger partial charge is 0.497 e. The number of carbonyl (C=O) groups is 1. The van der Waals surface area contributed by atoms with Crippen molar-refractivity contribution in [3.05, 3.63) is 66.2 Å². The number of hydrogen-bond acceptors (Lipinski definition) is 8. The fourth-order valence-electron chi connectivity index (χ4n) is 4.14. The Morgan fingerprint density at radius 1 is 0.973 bits per heavy atom. The molecule has 192 valence electrons. The standard InChI is InChI=1S/C26H25N3O7S/c1-33-19-11-17(12-20(14-19)34-2)16-37(31,32)26-28-21-5-3-4-6-22(21)29(26)15-25(30)27-18-7-8-23-24(13-18)36-10-9-35-23/h3-8,11-14H,9-10,15-16H2,1-2H3,(H,27,30). The monoisotopic (exact) mass is 523 g/mol. The summed E-state index contributed by atoms with van der Waals surface area (Å²) in [5, 5.41) is 2.60. The van der Waals surface area contributed by atoms with E-state index < -0.39 is 15.7 Å². The SMILES string of the molecule is COc1cc(CS(=O)(=O)c2nc3ccccc3n2CC(=O)Nc2ccc3c(c2)OCCO3)cc(OC)c1. The summed E-state index contributed by atoms with van der Waals surface area (Å²) in [5.74, 6) is 1.31. The lowest BCUT2D eigenvalue weighted by atomic mass is 10.2. The molecule has 2 heterocycles. The van der Waals surface area contributed by atoms with Crippen molar-refractivity contribution in [2.24, 2.45) is 0 Å². The van der Waals surface area contributed by atoms with Crippen molar-refractivity contribution in [2.45, 2.75) is 17.5 Å². The van der Waals surface area contributed by atoms with Gasteiger partial charge >= 0.3 is 0 Å². The van der Waals surface area contributed by atoms with Crippen LogP contribution >= 0.6 is 0 Å². The van der Waals surface area contributed by atoms with Gasteiger partial charge in [-0.15, -0.1) is 0 Å². The number of sulfone groups is 1. The summed E-state index contributed by atoms with van der Waals surface area (Å²) in [7, 11) is -0.976. The first-order chi connectivity index (χ1) is 17.9. The molecule has 1 aliphatic rings. The van der Waals surface area contributed by atoms with Gasteiger partial charge in [0.2, 0.25) is 20.9 Å². The van der Waals surface area contributed by atoms with Crippen molar-refractivity contribution < 1.29 is 32.2 Å². The highest BCUT2D eigenvalue weighted by molar-refractivity contribution is 7.90. The number of rotatable bonds is 8. The highest BCUT2D eigenvalue weighted by Gasteiger charge is 2.26. The first-order valence-corrected chi connectivity index (χ1v) is 13.1. The number of methoxy groups -OCH3 is 2. The number of fused-ring (bicyclic) bond motifs is 2. The number of amides is 1. The van der Waals surface area contributed by atoms with Crippen LogP contribution in [-0.2, 0) is 26.9 Å². The van der Waals surface area contributed by atoms with Crippen LogP contribution in [0.25, 0.3) is 11.0 Å². The number of aromatic nitrogens is 2. The Kier molecular flexibility index (Phi) is 6.62. The van der Waals surface area contributed by atoms with Crippen LogP contribution < -0.4 is 24.3 Å². The Morgan fingerprint density at radius 3 is 2.41 bits per heavy atom. The average molecular weight is 524 g/mol. The molecule has 11 heteroatoms. The molecule has 0 saturated carbocycles. The van der Waals surface area contributed by atoms with Gasteiger partial charge in [-0.1, -0.05) is 12.1 Å². The summed E-state index contributed by atoms with van der Waals surface area (Å²) in [6.07, 6.45) is 0. The van der Waals surface area contributed by atoms with Crippen LogP contribution in [0.2, 0.25) is 0 Å². The van der Waals surface area contributed by atoms with Crippen molar-refractivity contribution in [1.82, 2.24) is 9.55 Å². The second-order valence-electron chi connectivity index (χ2n) is 8.36. The molecular formula is C26H25N3O7S. The van der Waals surface area contributed by atoms with E-state index in [0.717, 1.165) is 0 Å². The number of nitrogens with one attached hydrogen (secondary N) is 1. The summed E-state index contributed by atoms with van der Waals surface area (Å²) in [4.78, 5) is 17.4. The summed E-state index contributed by atoms with van der Waals surface area (Å²) in [5.41, 5.74) is 1.97. The quantitative estimate of drug-likeness (QED) is 0.373. The molecule has 0 aliphatic carbocycles. The predicted octanol–water partition coefficient (Wildman–Crippen LogP) is 3.44. The lowest BCUT2D eigenvalue weighted by Crippen LogP contribution is -2.22. The van der Waals surface area contributed by atoms with Crippen LogP contribution in [0.3, 0.4) is 0 Å². The zero-order chi connectivity index (χ0) is 26.0. The maximum Gasteiger partial charge on any atom is 0.244 e. The van der Waals surface area contributed by atoms with Gasteiger partial charge in [-0.2, -0.15) is 0 Å². The summed E-state index contributed by atoms with van der Waals surface area (Å²) >= 11 is 0. The number of para-hydroxylation sites is 2. The van der Waals surface area contributed by atoms with Crippen molar-refractivity contribution >= 4 is 32.5 Å². The Labute approximate surface area is 213 Å². The number of carbonyl (C=O) groups excluding carboxylic acids is 1. The predicted molar refractivity (Wildman–Crippen MR) is 136 cm³/mol.